The zero-order valence-electron chi connectivity index (χ0n) is 13.3. The normalized spacial score (nSPS) is 14.6. The number of carbonyl (C=O) groups excluding carboxylic acids is 1. The molecule has 24 heavy (non-hydrogen) atoms. The van der Waals surface area contributed by atoms with Crippen LogP contribution in [0.5, 0.6) is 0 Å². The topological polar surface area (TPSA) is 50.2 Å². The molecule has 0 bridgehead atoms. The minimum Gasteiger partial charge on any atom is -0.326 e. The molecule has 2 aromatic carbocycles. The lowest BCUT2D eigenvalue weighted by Gasteiger charge is -2.23. The van der Waals surface area contributed by atoms with Crippen LogP contribution in [-0.4, -0.2) is 34.0 Å². The van der Waals surface area contributed by atoms with Crippen LogP contribution < -0.4 is 5.32 Å². The predicted octanol–water partition coefficient (Wildman–Crippen LogP) is 3.50. The zero-order valence-corrected chi connectivity index (χ0v) is 14.9. The van der Waals surface area contributed by atoms with E-state index in [0.717, 1.165) is 46.7 Å². The first-order valence-corrected chi connectivity index (χ1v) is 8.64. The van der Waals surface area contributed by atoms with E-state index in [1.54, 1.807) is 12.1 Å². The number of nitrogens with one attached hydrogen (secondary N) is 1. The summed E-state index contributed by atoms with van der Waals surface area (Å²) < 4.78 is 3.14. The number of anilines is 1. The van der Waals surface area contributed by atoms with E-state index in [1.165, 1.54) is 0 Å². The van der Waals surface area contributed by atoms with Crippen molar-refractivity contribution in [3.05, 3.63) is 58.3 Å². The lowest BCUT2D eigenvalue weighted by atomic mass is 10.2. The van der Waals surface area contributed by atoms with Gasteiger partial charge in [0.05, 0.1) is 17.6 Å². The van der Waals surface area contributed by atoms with E-state index < -0.39 is 0 Å². The van der Waals surface area contributed by atoms with Crippen molar-refractivity contribution in [2.45, 2.75) is 13.1 Å². The number of amides is 1. The van der Waals surface area contributed by atoms with Crippen LogP contribution in [0.25, 0.3) is 11.0 Å². The molecular weight excluding hydrogens is 368 g/mol. The van der Waals surface area contributed by atoms with Crippen LogP contribution in [-0.2, 0) is 13.1 Å². The van der Waals surface area contributed by atoms with Gasteiger partial charge in [-0.25, -0.2) is 4.98 Å². The molecule has 0 saturated carbocycles. The number of likely N-dealkylation sites (N-methyl/N-ethyl adjacent to an activating group) is 1. The number of benzene rings is 2. The summed E-state index contributed by atoms with van der Waals surface area (Å²) in [5, 5.41) is 2.95. The number of hydrogen-bond acceptors (Lipinski definition) is 3. The zero-order chi connectivity index (χ0) is 16.7. The van der Waals surface area contributed by atoms with Gasteiger partial charge in [0, 0.05) is 28.8 Å². The molecule has 1 aromatic heterocycles. The van der Waals surface area contributed by atoms with Gasteiger partial charge < -0.3 is 9.88 Å². The summed E-state index contributed by atoms with van der Waals surface area (Å²) >= 11 is 3.39. The highest BCUT2D eigenvalue weighted by atomic mass is 79.9. The molecule has 0 saturated heterocycles. The number of halogens is 1. The molecule has 2 heterocycles. The number of carbonyl (C=O) groups is 1. The van der Waals surface area contributed by atoms with E-state index in [9.17, 15) is 4.79 Å². The standard InChI is InChI=1S/C18H17BrN4O/c1-22-7-8-23-16-6-5-14(10-15(16)21-17(23)11-22)20-18(24)12-3-2-4-13(19)9-12/h2-6,9-10H,7-8,11H2,1H3,(H,20,24). The molecule has 0 aliphatic carbocycles. The van der Waals surface area contributed by atoms with Crippen molar-refractivity contribution < 1.29 is 4.79 Å². The van der Waals surface area contributed by atoms with Gasteiger partial charge in [0.2, 0.25) is 0 Å². The van der Waals surface area contributed by atoms with Crippen LogP contribution in [0.3, 0.4) is 0 Å². The summed E-state index contributed by atoms with van der Waals surface area (Å²) in [7, 11) is 2.10. The van der Waals surface area contributed by atoms with Gasteiger partial charge in [-0.15, -0.1) is 0 Å². The van der Waals surface area contributed by atoms with E-state index in [1.807, 2.05) is 30.3 Å². The average molecular weight is 385 g/mol. The Morgan fingerprint density at radius 2 is 2.08 bits per heavy atom. The number of rotatable bonds is 2. The van der Waals surface area contributed by atoms with E-state index in [0.29, 0.717) is 5.56 Å². The van der Waals surface area contributed by atoms with Gasteiger partial charge in [-0.2, -0.15) is 0 Å². The van der Waals surface area contributed by atoms with Crippen LogP contribution in [0.2, 0.25) is 0 Å². The van der Waals surface area contributed by atoms with Crippen LogP contribution in [0, 0.1) is 0 Å². The van der Waals surface area contributed by atoms with E-state index in [4.69, 9.17) is 4.98 Å². The van der Waals surface area contributed by atoms with E-state index in [2.05, 4.69) is 37.8 Å². The van der Waals surface area contributed by atoms with Crippen LogP contribution >= 0.6 is 15.9 Å². The van der Waals surface area contributed by atoms with Crippen molar-refractivity contribution >= 4 is 38.6 Å². The molecule has 6 heteroatoms. The minimum absolute atomic E-state index is 0.126. The lowest BCUT2D eigenvalue weighted by Crippen LogP contribution is -2.30. The third-order valence-corrected chi connectivity index (χ3v) is 4.78. The van der Waals surface area contributed by atoms with Crippen molar-refractivity contribution in [3.8, 4) is 0 Å². The molecule has 0 atom stereocenters. The monoisotopic (exact) mass is 384 g/mol. The number of fused-ring (bicyclic) bond motifs is 3. The minimum atomic E-state index is -0.126. The quantitative estimate of drug-likeness (QED) is 0.735. The first-order chi connectivity index (χ1) is 11.6. The molecule has 5 nitrogen and oxygen atoms in total. The van der Waals surface area contributed by atoms with Crippen LogP contribution in [0.4, 0.5) is 5.69 Å². The van der Waals surface area contributed by atoms with Gasteiger partial charge in [0.1, 0.15) is 5.82 Å². The Kier molecular flexibility index (Phi) is 3.86. The molecule has 4 rings (SSSR count). The fourth-order valence-electron chi connectivity index (χ4n) is 3.05. The molecule has 0 fully saturated rings. The summed E-state index contributed by atoms with van der Waals surface area (Å²) in [5.74, 6) is 0.952. The highest BCUT2D eigenvalue weighted by Crippen LogP contribution is 2.24. The number of hydrogen-bond donors (Lipinski definition) is 1. The number of aromatic nitrogens is 2. The van der Waals surface area contributed by atoms with Crippen LogP contribution in [0.1, 0.15) is 16.2 Å². The number of nitrogens with zero attached hydrogens (tertiary/aromatic N) is 3. The molecular formula is C18H17BrN4O. The van der Waals surface area contributed by atoms with Gasteiger partial charge in [-0.1, -0.05) is 22.0 Å². The molecule has 1 amide bonds. The summed E-state index contributed by atoms with van der Waals surface area (Å²) in [6.45, 7) is 2.83. The summed E-state index contributed by atoms with van der Waals surface area (Å²) in [4.78, 5) is 19.4. The van der Waals surface area contributed by atoms with Gasteiger partial charge in [0.15, 0.2) is 0 Å². The summed E-state index contributed by atoms with van der Waals surface area (Å²) in [6.07, 6.45) is 0. The Balaban J connectivity index is 1.62. The highest BCUT2D eigenvalue weighted by molar-refractivity contribution is 9.10. The van der Waals surface area contributed by atoms with Crippen molar-refractivity contribution in [2.24, 2.45) is 0 Å². The Morgan fingerprint density at radius 3 is 2.92 bits per heavy atom. The molecule has 1 aliphatic rings. The molecule has 122 valence electrons. The first-order valence-electron chi connectivity index (χ1n) is 7.85. The Bertz CT molecular complexity index is 934. The second kappa shape index (κ2) is 6.03. The van der Waals surface area contributed by atoms with E-state index >= 15 is 0 Å². The maximum absolute atomic E-state index is 12.4. The summed E-state index contributed by atoms with van der Waals surface area (Å²) in [5.41, 5.74) is 3.43. The SMILES string of the molecule is CN1CCn2c(nc3cc(NC(=O)c4cccc(Br)c4)ccc32)C1. The Hall–Kier alpha value is -2.18. The van der Waals surface area contributed by atoms with Crippen molar-refractivity contribution in [3.63, 3.8) is 0 Å². The molecule has 0 spiro atoms. The van der Waals surface area contributed by atoms with Gasteiger partial charge in [-0.05, 0) is 43.4 Å². The van der Waals surface area contributed by atoms with Crippen molar-refractivity contribution in [2.75, 3.05) is 18.9 Å². The Morgan fingerprint density at radius 1 is 1.21 bits per heavy atom. The molecule has 0 unspecified atom stereocenters. The molecule has 1 N–H and O–H groups in total. The summed E-state index contributed by atoms with van der Waals surface area (Å²) in [6, 6.07) is 13.3. The number of imidazole rings is 1. The fourth-order valence-corrected chi connectivity index (χ4v) is 3.45. The van der Waals surface area contributed by atoms with Gasteiger partial charge in [0.25, 0.3) is 5.91 Å². The van der Waals surface area contributed by atoms with Gasteiger partial charge >= 0.3 is 0 Å². The molecule has 1 aliphatic heterocycles. The fraction of sp³-hybridized carbons (Fsp3) is 0.222. The maximum atomic E-state index is 12.4. The second-order valence-corrected chi connectivity index (χ2v) is 7.00. The first kappa shape index (κ1) is 15.4. The van der Waals surface area contributed by atoms with Gasteiger partial charge in [-0.3, -0.25) is 9.69 Å². The van der Waals surface area contributed by atoms with Crippen LogP contribution in [0.15, 0.2) is 46.9 Å². The average Bonchev–Trinajstić information content (AvgIpc) is 2.91. The smallest absolute Gasteiger partial charge is 0.255 e. The second-order valence-electron chi connectivity index (χ2n) is 6.09. The maximum Gasteiger partial charge on any atom is 0.255 e. The third-order valence-electron chi connectivity index (χ3n) is 4.29. The van der Waals surface area contributed by atoms with Crippen molar-refractivity contribution in [1.82, 2.24) is 14.5 Å². The lowest BCUT2D eigenvalue weighted by molar-refractivity contribution is 0.102. The Labute approximate surface area is 148 Å². The predicted molar refractivity (Wildman–Crippen MR) is 98.2 cm³/mol. The molecule has 0 radical (unpaired) electrons. The third kappa shape index (κ3) is 2.83. The van der Waals surface area contributed by atoms with Crippen molar-refractivity contribution in [1.29, 1.82) is 0 Å². The highest BCUT2D eigenvalue weighted by Gasteiger charge is 2.18. The molecule has 3 aromatic rings. The van der Waals surface area contributed by atoms with E-state index in [-0.39, 0.29) is 5.91 Å². The largest absolute Gasteiger partial charge is 0.326 e.